The van der Waals surface area contributed by atoms with Crippen LogP contribution in [-0.4, -0.2) is 0 Å². The van der Waals surface area contributed by atoms with Gasteiger partial charge >= 0.3 is 59.2 Å². The molecule has 0 aliphatic heterocycles. The standard InChI is InChI=1S/C4H9.Li.Sm/c1-4(2)3;;/h1-3H3;;/q-1;+1;+3. The predicted octanol–water partition coefficient (Wildman–Crippen LogP) is -1.38. The van der Waals surface area contributed by atoms with Gasteiger partial charge in [0.15, 0.2) is 0 Å². The van der Waals surface area contributed by atoms with Gasteiger partial charge in [-0.15, -0.1) is 0 Å². The number of hydrogen-bond acceptors (Lipinski definition) is 0. The van der Waals surface area contributed by atoms with Crippen LogP contribution < -0.4 is 18.9 Å². The van der Waals surface area contributed by atoms with Crippen LogP contribution in [0.25, 0.3) is 0 Å². The second-order valence-electron chi connectivity index (χ2n) is 1.50. The Morgan fingerprint density at radius 1 is 1.00 bits per heavy atom. The van der Waals surface area contributed by atoms with Gasteiger partial charge in [0.25, 0.3) is 0 Å². The molecular weight excluding hydrogens is 205 g/mol. The maximum absolute atomic E-state index is 2.08. The Kier molecular flexibility index (Phi) is 26.2. The largest absolute Gasteiger partial charge is 3.00 e. The minimum atomic E-state index is 0. The van der Waals surface area contributed by atoms with E-state index in [1.165, 1.54) is 5.92 Å². The molecule has 6 heavy (non-hydrogen) atoms. The maximum atomic E-state index is 2.08. The van der Waals surface area contributed by atoms with Crippen molar-refractivity contribution in [2.45, 2.75) is 20.8 Å². The van der Waals surface area contributed by atoms with Crippen LogP contribution in [0.3, 0.4) is 0 Å². The van der Waals surface area contributed by atoms with E-state index in [-0.39, 0.29) is 59.2 Å². The first-order valence-corrected chi connectivity index (χ1v) is 1.50. The zero-order valence-corrected chi connectivity index (χ0v) is 7.53. The van der Waals surface area contributed by atoms with Crippen molar-refractivity contribution in [1.29, 1.82) is 0 Å². The van der Waals surface area contributed by atoms with Gasteiger partial charge in [0.2, 0.25) is 0 Å². The van der Waals surface area contributed by atoms with Crippen LogP contribution in [0.15, 0.2) is 0 Å². The van der Waals surface area contributed by atoms with E-state index in [9.17, 15) is 0 Å². The second kappa shape index (κ2) is 10.0. The molecule has 0 fully saturated rings. The maximum Gasteiger partial charge on any atom is 3.00 e. The Balaban J connectivity index is -0.0000000450. The second-order valence-corrected chi connectivity index (χ2v) is 1.50. The third kappa shape index (κ3) is 38.6. The quantitative estimate of drug-likeness (QED) is 0.345. The molecule has 0 nitrogen and oxygen atoms in total. The van der Waals surface area contributed by atoms with Crippen LogP contribution in [0.1, 0.15) is 20.8 Å². The molecule has 0 N–H and O–H groups in total. The summed E-state index contributed by atoms with van der Waals surface area (Å²) in [4.78, 5) is 0. The predicted molar refractivity (Wildman–Crippen MR) is 20.3 cm³/mol. The summed E-state index contributed by atoms with van der Waals surface area (Å²) in [7, 11) is 0. The van der Waals surface area contributed by atoms with E-state index in [2.05, 4.69) is 20.8 Å². The van der Waals surface area contributed by atoms with Gasteiger partial charge in [-0.1, -0.05) is 0 Å². The third-order valence-electron chi connectivity index (χ3n) is 0. The van der Waals surface area contributed by atoms with Crippen molar-refractivity contribution in [1.82, 2.24) is 0 Å². The molecule has 0 saturated heterocycles. The van der Waals surface area contributed by atoms with Crippen molar-refractivity contribution in [2.24, 2.45) is 0 Å². The molecule has 0 saturated carbocycles. The van der Waals surface area contributed by atoms with E-state index in [1.807, 2.05) is 0 Å². The van der Waals surface area contributed by atoms with Crippen LogP contribution >= 0.6 is 0 Å². The van der Waals surface area contributed by atoms with E-state index >= 15 is 0 Å². The van der Waals surface area contributed by atoms with Gasteiger partial charge in [-0.05, 0) is 0 Å². The van der Waals surface area contributed by atoms with E-state index in [4.69, 9.17) is 0 Å². The van der Waals surface area contributed by atoms with E-state index in [0.29, 0.717) is 0 Å². The van der Waals surface area contributed by atoms with Crippen molar-refractivity contribution in [2.75, 3.05) is 0 Å². The van der Waals surface area contributed by atoms with Crippen LogP contribution in [-0.2, 0) is 0 Å². The molecule has 0 bridgehead atoms. The summed E-state index contributed by atoms with van der Waals surface area (Å²) >= 11 is 0. The van der Waals surface area contributed by atoms with Gasteiger partial charge in [-0.2, -0.15) is 20.8 Å². The Morgan fingerprint density at radius 3 is 1.00 bits per heavy atom. The number of rotatable bonds is 0. The molecule has 0 aromatic heterocycles. The normalized spacial score (nSPS) is 6.00. The van der Waals surface area contributed by atoms with E-state index in [0.717, 1.165) is 0 Å². The molecule has 2 heteroatoms. The fourth-order valence-corrected chi connectivity index (χ4v) is 0. The smallest absolute Gasteiger partial charge is 0.323 e. The Bertz CT molecular complexity index is 12.3. The molecule has 29 valence electrons. The van der Waals surface area contributed by atoms with E-state index in [1.54, 1.807) is 0 Å². The topological polar surface area (TPSA) is 0 Å². The van der Waals surface area contributed by atoms with Crippen LogP contribution in [0.5, 0.6) is 0 Å². The Labute approximate surface area is 84.7 Å². The molecular formula is C4H9LiSm+3. The molecule has 1 radical (unpaired) electrons. The first-order chi connectivity index (χ1) is 1.73. The third-order valence-corrected chi connectivity index (χ3v) is 0. The average Bonchev–Trinajstić information content (AvgIpc) is 0.811. The molecule has 0 aromatic rings. The molecule has 0 unspecified atom stereocenters. The minimum Gasteiger partial charge on any atom is -0.323 e. The summed E-state index contributed by atoms with van der Waals surface area (Å²) in [6.45, 7) is 6.25. The average molecular weight is 214 g/mol. The van der Waals surface area contributed by atoms with Gasteiger partial charge in [-0.3, -0.25) is 0 Å². The van der Waals surface area contributed by atoms with Crippen molar-refractivity contribution in [3.63, 3.8) is 0 Å². The first kappa shape index (κ1) is 15.7. The van der Waals surface area contributed by atoms with Crippen molar-refractivity contribution in [3.05, 3.63) is 5.92 Å². The van der Waals surface area contributed by atoms with Gasteiger partial charge in [-0.25, -0.2) is 0 Å². The van der Waals surface area contributed by atoms with Crippen LogP contribution in [0.2, 0.25) is 0 Å². The van der Waals surface area contributed by atoms with Crippen LogP contribution in [0, 0.1) is 46.3 Å². The molecule has 0 amide bonds. The monoisotopic (exact) mass is 216 g/mol. The summed E-state index contributed by atoms with van der Waals surface area (Å²) in [5, 5.41) is 0. The van der Waals surface area contributed by atoms with Gasteiger partial charge in [0.1, 0.15) is 0 Å². The molecule has 0 aliphatic rings. The fraction of sp³-hybridized carbons (Fsp3) is 0.750. The summed E-state index contributed by atoms with van der Waals surface area (Å²) in [6.07, 6.45) is 0. The van der Waals surface area contributed by atoms with Crippen molar-refractivity contribution in [3.8, 4) is 0 Å². The molecule has 0 heterocycles. The van der Waals surface area contributed by atoms with Crippen molar-refractivity contribution >= 4 is 0 Å². The molecule has 0 atom stereocenters. The SMILES string of the molecule is C[C-](C)C.[Li+].[Sm+3]. The Morgan fingerprint density at radius 2 is 1.00 bits per heavy atom. The van der Waals surface area contributed by atoms with E-state index < -0.39 is 0 Å². The van der Waals surface area contributed by atoms with Gasteiger partial charge in [0, 0.05) is 0 Å². The summed E-state index contributed by atoms with van der Waals surface area (Å²) < 4.78 is 0. The summed E-state index contributed by atoms with van der Waals surface area (Å²) in [5.74, 6) is 1.42. The van der Waals surface area contributed by atoms with Crippen LogP contribution in [0.4, 0.5) is 0 Å². The van der Waals surface area contributed by atoms with Crippen molar-refractivity contribution < 1.29 is 59.2 Å². The zero-order chi connectivity index (χ0) is 3.58. The summed E-state index contributed by atoms with van der Waals surface area (Å²) in [5.41, 5.74) is 0. The molecule has 0 aliphatic carbocycles. The minimum absolute atomic E-state index is 0. The molecule has 0 rings (SSSR count). The first-order valence-electron chi connectivity index (χ1n) is 1.50. The summed E-state index contributed by atoms with van der Waals surface area (Å²) in [6, 6.07) is 0. The zero-order valence-electron chi connectivity index (χ0n) is 4.91. The van der Waals surface area contributed by atoms with Gasteiger partial charge in [0.05, 0.1) is 0 Å². The number of hydrogen-bond donors (Lipinski definition) is 0. The fourth-order valence-electron chi connectivity index (χ4n) is 0. The molecule has 0 spiro atoms. The van der Waals surface area contributed by atoms with Gasteiger partial charge < -0.3 is 5.92 Å². The Hall–Kier alpha value is 1.94. The molecule has 0 aromatic carbocycles.